The first-order valence-corrected chi connectivity index (χ1v) is 6.28. The molecule has 18 heavy (non-hydrogen) atoms. The monoisotopic (exact) mass is 274 g/mol. The van der Waals surface area contributed by atoms with Crippen molar-refractivity contribution in [2.24, 2.45) is 0 Å². The summed E-state index contributed by atoms with van der Waals surface area (Å²) in [6, 6.07) is 11.8. The zero-order valence-electron chi connectivity index (χ0n) is 8.82. The molecule has 0 aliphatic heterocycles. The molecule has 2 aromatic rings. The van der Waals surface area contributed by atoms with E-state index in [0.29, 0.717) is 10.8 Å². The third-order valence-corrected chi connectivity index (χ3v) is 3.35. The lowest BCUT2D eigenvalue weighted by atomic mass is 10.1. The minimum Gasteiger partial charge on any atom is -0.275 e. The molecule has 0 aliphatic rings. The highest BCUT2D eigenvalue weighted by Crippen LogP contribution is 2.29. The Morgan fingerprint density at radius 3 is 2.50 bits per heavy atom. The van der Waals surface area contributed by atoms with Crippen molar-refractivity contribution in [3.05, 3.63) is 42.5 Å². The van der Waals surface area contributed by atoms with Crippen molar-refractivity contribution in [1.82, 2.24) is 0 Å². The van der Waals surface area contributed by atoms with Gasteiger partial charge in [0.15, 0.2) is 0 Å². The first kappa shape index (κ1) is 12.7. The minimum atomic E-state index is -5.41. The van der Waals surface area contributed by atoms with Crippen LogP contribution in [0.5, 0.6) is 0 Å². The molecular weight excluding hydrogens is 267 g/mol. The standard InChI is InChI=1S/C11H7F3NO2S/c12-11(13,14)18(16,17)15-10-7-3-5-8-4-1-2-6-9(8)10/h1-3,5-7,15H. The van der Waals surface area contributed by atoms with E-state index in [2.05, 4.69) is 6.07 Å². The van der Waals surface area contributed by atoms with Crippen LogP contribution < -0.4 is 4.72 Å². The number of hydrogen-bond acceptors (Lipinski definition) is 2. The Morgan fingerprint density at radius 2 is 1.83 bits per heavy atom. The molecule has 7 heteroatoms. The zero-order valence-corrected chi connectivity index (χ0v) is 9.64. The fourth-order valence-electron chi connectivity index (χ4n) is 1.44. The molecule has 0 spiro atoms. The van der Waals surface area contributed by atoms with E-state index in [1.165, 1.54) is 22.9 Å². The summed E-state index contributed by atoms with van der Waals surface area (Å²) >= 11 is 0. The van der Waals surface area contributed by atoms with E-state index >= 15 is 0 Å². The first-order valence-electron chi connectivity index (χ1n) is 4.80. The molecule has 2 aromatic carbocycles. The van der Waals surface area contributed by atoms with Crippen molar-refractivity contribution in [1.29, 1.82) is 0 Å². The first-order chi connectivity index (χ1) is 8.31. The molecule has 1 N–H and O–H groups in total. The van der Waals surface area contributed by atoms with E-state index in [0.717, 1.165) is 0 Å². The second-order valence-corrected chi connectivity index (χ2v) is 5.16. The maximum absolute atomic E-state index is 12.3. The summed E-state index contributed by atoms with van der Waals surface area (Å²) in [4.78, 5) is 0. The SMILES string of the molecule is O=S(=O)(Nc1cccc2[c]cccc12)C(F)(F)F. The number of sulfonamides is 1. The average molecular weight is 274 g/mol. The maximum atomic E-state index is 12.3. The van der Waals surface area contributed by atoms with Gasteiger partial charge in [0.25, 0.3) is 0 Å². The van der Waals surface area contributed by atoms with Crippen LogP contribution in [0, 0.1) is 6.07 Å². The highest BCUT2D eigenvalue weighted by molar-refractivity contribution is 7.93. The van der Waals surface area contributed by atoms with Crippen LogP contribution in [0.1, 0.15) is 0 Å². The molecule has 3 nitrogen and oxygen atoms in total. The Balaban J connectivity index is 2.51. The van der Waals surface area contributed by atoms with E-state index in [9.17, 15) is 21.6 Å². The Hall–Kier alpha value is -1.76. The van der Waals surface area contributed by atoms with Crippen molar-refractivity contribution >= 4 is 26.5 Å². The Kier molecular flexibility index (Phi) is 2.94. The van der Waals surface area contributed by atoms with E-state index in [1.54, 1.807) is 18.2 Å². The predicted octanol–water partition coefficient (Wildman–Crippen LogP) is 2.90. The summed E-state index contributed by atoms with van der Waals surface area (Å²) in [5.41, 5.74) is -5.46. The van der Waals surface area contributed by atoms with Gasteiger partial charge in [-0.05, 0) is 17.5 Å². The highest BCUT2D eigenvalue weighted by atomic mass is 32.2. The van der Waals surface area contributed by atoms with Gasteiger partial charge >= 0.3 is 15.5 Å². The predicted molar refractivity (Wildman–Crippen MR) is 61.4 cm³/mol. The maximum Gasteiger partial charge on any atom is 0.516 e. The molecule has 95 valence electrons. The molecule has 0 saturated carbocycles. The molecule has 0 saturated heterocycles. The Morgan fingerprint density at radius 1 is 1.11 bits per heavy atom. The molecule has 0 heterocycles. The molecule has 0 aliphatic carbocycles. The van der Waals surface area contributed by atoms with Gasteiger partial charge < -0.3 is 0 Å². The molecular formula is C11H7F3NO2S. The zero-order chi connectivity index (χ0) is 13.4. The summed E-state index contributed by atoms with van der Waals surface area (Å²) in [5.74, 6) is 0. The second-order valence-electron chi connectivity index (χ2n) is 3.49. The van der Waals surface area contributed by atoms with Crippen LogP contribution in [-0.4, -0.2) is 13.9 Å². The van der Waals surface area contributed by atoms with Crippen LogP contribution in [0.25, 0.3) is 10.8 Å². The number of nitrogens with one attached hydrogen (secondary N) is 1. The number of hydrogen-bond donors (Lipinski definition) is 1. The summed E-state index contributed by atoms with van der Waals surface area (Å²) in [5, 5.41) is 0.882. The number of alkyl halides is 3. The van der Waals surface area contributed by atoms with Gasteiger partial charge in [-0.15, -0.1) is 0 Å². The third kappa shape index (κ3) is 2.26. The lowest BCUT2D eigenvalue weighted by Crippen LogP contribution is -2.29. The molecule has 0 fully saturated rings. The minimum absolute atomic E-state index is 0.123. The van der Waals surface area contributed by atoms with E-state index in [-0.39, 0.29) is 5.69 Å². The summed E-state index contributed by atoms with van der Waals surface area (Å²) in [6.45, 7) is 0. The smallest absolute Gasteiger partial charge is 0.275 e. The Bertz CT molecular complexity index is 675. The quantitative estimate of drug-likeness (QED) is 0.915. The van der Waals surface area contributed by atoms with Crippen LogP contribution in [-0.2, 0) is 10.0 Å². The molecule has 0 amide bonds. The van der Waals surface area contributed by atoms with Crippen molar-refractivity contribution in [3.8, 4) is 0 Å². The van der Waals surface area contributed by atoms with Crippen LogP contribution in [0.3, 0.4) is 0 Å². The van der Waals surface area contributed by atoms with Gasteiger partial charge in [0.05, 0.1) is 5.69 Å². The Labute approximate surface area is 101 Å². The summed E-state index contributed by atoms with van der Waals surface area (Å²) in [6.07, 6.45) is 0. The number of halogens is 3. The number of rotatable bonds is 2. The van der Waals surface area contributed by atoms with Gasteiger partial charge in [0.1, 0.15) is 0 Å². The largest absolute Gasteiger partial charge is 0.516 e. The van der Waals surface area contributed by atoms with E-state index in [1.807, 2.05) is 0 Å². The van der Waals surface area contributed by atoms with Crippen LogP contribution in [0.4, 0.5) is 18.9 Å². The van der Waals surface area contributed by atoms with Gasteiger partial charge in [-0.1, -0.05) is 30.3 Å². The molecule has 2 rings (SSSR count). The van der Waals surface area contributed by atoms with Crippen LogP contribution in [0.15, 0.2) is 36.4 Å². The molecule has 0 atom stereocenters. The third-order valence-electron chi connectivity index (χ3n) is 2.25. The van der Waals surface area contributed by atoms with Gasteiger partial charge in [0, 0.05) is 5.39 Å². The van der Waals surface area contributed by atoms with Gasteiger partial charge in [-0.25, -0.2) is 0 Å². The number of fused-ring (bicyclic) bond motifs is 1. The van der Waals surface area contributed by atoms with E-state index < -0.39 is 15.5 Å². The average Bonchev–Trinajstić information content (AvgIpc) is 2.27. The molecule has 0 unspecified atom stereocenters. The normalized spacial score (nSPS) is 12.6. The fourth-order valence-corrected chi connectivity index (χ4v) is 2.03. The topological polar surface area (TPSA) is 46.2 Å². The number of anilines is 1. The van der Waals surface area contributed by atoms with Gasteiger partial charge in [-0.3, -0.25) is 4.72 Å². The summed E-state index contributed by atoms with van der Waals surface area (Å²) < 4.78 is 60.3. The molecule has 0 aromatic heterocycles. The molecule has 1 radical (unpaired) electrons. The highest BCUT2D eigenvalue weighted by Gasteiger charge is 2.46. The van der Waals surface area contributed by atoms with Crippen molar-refractivity contribution in [2.45, 2.75) is 5.51 Å². The lowest BCUT2D eigenvalue weighted by molar-refractivity contribution is -0.0429. The van der Waals surface area contributed by atoms with Gasteiger partial charge in [0.2, 0.25) is 0 Å². The van der Waals surface area contributed by atoms with Gasteiger partial charge in [-0.2, -0.15) is 21.6 Å². The van der Waals surface area contributed by atoms with Crippen LogP contribution in [0.2, 0.25) is 0 Å². The molecule has 0 bridgehead atoms. The fraction of sp³-hybridized carbons (Fsp3) is 0.0909. The number of benzene rings is 2. The lowest BCUT2D eigenvalue weighted by Gasteiger charge is -2.12. The van der Waals surface area contributed by atoms with E-state index in [4.69, 9.17) is 0 Å². The van der Waals surface area contributed by atoms with Crippen molar-refractivity contribution in [3.63, 3.8) is 0 Å². The summed E-state index contributed by atoms with van der Waals surface area (Å²) in [7, 11) is -5.41. The van der Waals surface area contributed by atoms with Crippen LogP contribution >= 0.6 is 0 Å². The van der Waals surface area contributed by atoms with Crippen molar-refractivity contribution in [2.75, 3.05) is 4.72 Å². The van der Waals surface area contributed by atoms with Crippen molar-refractivity contribution < 1.29 is 21.6 Å². The second kappa shape index (κ2) is 4.16.